The van der Waals surface area contributed by atoms with E-state index in [-0.39, 0.29) is 16.3 Å². The second kappa shape index (κ2) is 8.19. The standard InChI is InChI=1S/C19H17ClN4O5/c1-11-8-17(23(22-11)13-4-6-14(7-5-13)24(26)27)21-19(25)12-9-15(20)18(29-3)16(10-12)28-2/h4-10H,1-3H3,(H,21,25). The molecule has 1 amide bonds. The van der Waals surface area contributed by atoms with Crippen LogP contribution >= 0.6 is 11.6 Å². The molecule has 0 saturated carbocycles. The molecule has 1 heterocycles. The van der Waals surface area contributed by atoms with Gasteiger partial charge in [-0.05, 0) is 31.2 Å². The zero-order chi connectivity index (χ0) is 21.1. The van der Waals surface area contributed by atoms with E-state index >= 15 is 0 Å². The van der Waals surface area contributed by atoms with Crippen molar-refractivity contribution in [2.24, 2.45) is 0 Å². The molecule has 0 spiro atoms. The minimum atomic E-state index is -0.485. The van der Waals surface area contributed by atoms with Crippen LogP contribution in [-0.4, -0.2) is 34.8 Å². The molecule has 29 heavy (non-hydrogen) atoms. The van der Waals surface area contributed by atoms with Crippen molar-refractivity contribution in [3.63, 3.8) is 0 Å². The lowest BCUT2D eigenvalue weighted by Gasteiger charge is -2.12. The van der Waals surface area contributed by atoms with Gasteiger partial charge in [0.2, 0.25) is 0 Å². The van der Waals surface area contributed by atoms with E-state index in [9.17, 15) is 14.9 Å². The van der Waals surface area contributed by atoms with Crippen molar-refractivity contribution < 1.29 is 19.2 Å². The van der Waals surface area contributed by atoms with Crippen LogP contribution in [0.5, 0.6) is 11.5 Å². The van der Waals surface area contributed by atoms with E-state index in [4.69, 9.17) is 21.1 Å². The Balaban J connectivity index is 1.92. The molecule has 0 saturated heterocycles. The van der Waals surface area contributed by atoms with Crippen LogP contribution in [0.4, 0.5) is 11.5 Å². The Bertz CT molecular complexity index is 1080. The predicted molar refractivity (Wildman–Crippen MR) is 107 cm³/mol. The molecular formula is C19H17ClN4O5. The lowest BCUT2D eigenvalue weighted by Crippen LogP contribution is -2.15. The Labute approximate surface area is 171 Å². The summed E-state index contributed by atoms with van der Waals surface area (Å²) in [5, 5.41) is 18.2. The molecule has 150 valence electrons. The second-order valence-electron chi connectivity index (χ2n) is 6.00. The molecule has 9 nitrogen and oxygen atoms in total. The van der Waals surface area contributed by atoms with E-state index in [1.165, 1.54) is 43.2 Å². The Kier molecular flexibility index (Phi) is 5.69. The number of anilines is 1. The molecule has 1 N–H and O–H groups in total. The predicted octanol–water partition coefficient (Wildman–Crippen LogP) is 4.01. The zero-order valence-electron chi connectivity index (χ0n) is 15.8. The summed E-state index contributed by atoms with van der Waals surface area (Å²) >= 11 is 6.17. The minimum absolute atomic E-state index is 0.0387. The van der Waals surface area contributed by atoms with E-state index in [0.29, 0.717) is 28.7 Å². The Hall–Kier alpha value is -3.59. The van der Waals surface area contributed by atoms with Crippen molar-refractivity contribution in [3.8, 4) is 17.2 Å². The Morgan fingerprint density at radius 3 is 2.45 bits per heavy atom. The molecule has 0 aliphatic rings. The summed E-state index contributed by atoms with van der Waals surface area (Å²) in [6, 6.07) is 10.5. The lowest BCUT2D eigenvalue weighted by atomic mass is 10.2. The number of nitro groups is 1. The topological polar surface area (TPSA) is 109 Å². The highest BCUT2D eigenvalue weighted by Crippen LogP contribution is 2.36. The van der Waals surface area contributed by atoms with Crippen LogP contribution in [-0.2, 0) is 0 Å². The van der Waals surface area contributed by atoms with Gasteiger partial charge in [-0.25, -0.2) is 4.68 Å². The van der Waals surface area contributed by atoms with Crippen molar-refractivity contribution in [2.45, 2.75) is 6.92 Å². The maximum atomic E-state index is 12.8. The van der Waals surface area contributed by atoms with Gasteiger partial charge in [-0.3, -0.25) is 14.9 Å². The number of carbonyl (C=O) groups excluding carboxylic acids is 1. The zero-order valence-corrected chi connectivity index (χ0v) is 16.6. The quantitative estimate of drug-likeness (QED) is 0.480. The van der Waals surface area contributed by atoms with Crippen molar-refractivity contribution in [1.82, 2.24) is 9.78 Å². The number of non-ortho nitro benzene ring substituents is 1. The molecule has 2 aromatic carbocycles. The smallest absolute Gasteiger partial charge is 0.269 e. The Morgan fingerprint density at radius 1 is 1.17 bits per heavy atom. The van der Waals surface area contributed by atoms with E-state index in [0.717, 1.165) is 0 Å². The normalized spacial score (nSPS) is 10.5. The maximum absolute atomic E-state index is 12.8. The first-order valence-corrected chi connectivity index (χ1v) is 8.76. The number of nitrogens with one attached hydrogen (secondary N) is 1. The number of rotatable bonds is 6. The summed E-state index contributed by atoms with van der Waals surface area (Å²) in [4.78, 5) is 23.1. The number of nitro benzene ring substituents is 1. The van der Waals surface area contributed by atoms with Crippen LogP contribution in [0.1, 0.15) is 16.1 Å². The number of halogens is 1. The van der Waals surface area contributed by atoms with E-state index in [2.05, 4.69) is 10.4 Å². The SMILES string of the molecule is COc1cc(C(=O)Nc2cc(C)nn2-c2ccc([N+](=O)[O-])cc2)cc(Cl)c1OC. The summed E-state index contributed by atoms with van der Waals surface area (Å²) < 4.78 is 11.9. The molecular weight excluding hydrogens is 400 g/mol. The number of hydrogen-bond donors (Lipinski definition) is 1. The highest BCUT2D eigenvalue weighted by molar-refractivity contribution is 6.32. The summed E-state index contributed by atoms with van der Waals surface area (Å²) in [6.45, 7) is 1.77. The third-order valence-corrected chi connectivity index (χ3v) is 4.35. The average molecular weight is 417 g/mol. The third-order valence-electron chi connectivity index (χ3n) is 4.07. The molecule has 10 heteroatoms. The molecule has 3 aromatic rings. The van der Waals surface area contributed by atoms with Gasteiger partial charge in [0.25, 0.3) is 11.6 Å². The van der Waals surface area contributed by atoms with Gasteiger partial charge >= 0.3 is 0 Å². The first kappa shape index (κ1) is 20.2. The molecule has 0 aliphatic heterocycles. The molecule has 0 atom stereocenters. The number of benzene rings is 2. The number of aromatic nitrogens is 2. The van der Waals surface area contributed by atoms with Crippen molar-refractivity contribution in [3.05, 3.63) is 68.9 Å². The number of methoxy groups -OCH3 is 2. The molecule has 3 rings (SSSR count). The summed E-state index contributed by atoms with van der Waals surface area (Å²) in [5.41, 5.74) is 1.44. The van der Waals surface area contributed by atoms with Gasteiger partial charge in [-0.15, -0.1) is 0 Å². The highest BCUT2D eigenvalue weighted by Gasteiger charge is 2.18. The maximum Gasteiger partial charge on any atom is 0.269 e. The van der Waals surface area contributed by atoms with Crippen molar-refractivity contribution in [2.75, 3.05) is 19.5 Å². The van der Waals surface area contributed by atoms with E-state index < -0.39 is 10.8 Å². The molecule has 0 fully saturated rings. The van der Waals surface area contributed by atoms with Crippen molar-refractivity contribution in [1.29, 1.82) is 0 Å². The van der Waals surface area contributed by atoms with Crippen LogP contribution in [0.2, 0.25) is 5.02 Å². The lowest BCUT2D eigenvalue weighted by molar-refractivity contribution is -0.384. The number of ether oxygens (including phenoxy) is 2. The van der Waals surface area contributed by atoms with Gasteiger partial charge in [0.05, 0.1) is 35.5 Å². The fourth-order valence-corrected chi connectivity index (χ4v) is 3.03. The highest BCUT2D eigenvalue weighted by atomic mass is 35.5. The first-order valence-electron chi connectivity index (χ1n) is 8.38. The number of aryl methyl sites for hydroxylation is 1. The number of hydrogen-bond acceptors (Lipinski definition) is 6. The fraction of sp³-hybridized carbons (Fsp3) is 0.158. The van der Waals surface area contributed by atoms with Gasteiger partial charge in [0.15, 0.2) is 11.5 Å². The molecule has 0 aliphatic carbocycles. The van der Waals surface area contributed by atoms with Crippen molar-refractivity contribution >= 4 is 29.0 Å². The second-order valence-corrected chi connectivity index (χ2v) is 6.41. The molecule has 0 radical (unpaired) electrons. The largest absolute Gasteiger partial charge is 0.493 e. The van der Waals surface area contributed by atoms with Gasteiger partial charge in [-0.1, -0.05) is 11.6 Å². The summed E-state index contributed by atoms with van der Waals surface area (Å²) in [6.07, 6.45) is 0. The Morgan fingerprint density at radius 2 is 1.86 bits per heavy atom. The molecule has 1 aromatic heterocycles. The van der Waals surface area contributed by atoms with Crippen LogP contribution in [0.15, 0.2) is 42.5 Å². The van der Waals surface area contributed by atoms with E-state index in [1.54, 1.807) is 25.1 Å². The average Bonchev–Trinajstić information content (AvgIpc) is 3.07. The molecule has 0 unspecified atom stereocenters. The van der Waals surface area contributed by atoms with Crippen LogP contribution in [0.3, 0.4) is 0 Å². The van der Waals surface area contributed by atoms with Gasteiger partial charge in [0, 0.05) is 23.8 Å². The van der Waals surface area contributed by atoms with Crippen LogP contribution in [0.25, 0.3) is 5.69 Å². The number of nitrogens with zero attached hydrogens (tertiary/aromatic N) is 3. The first-order chi connectivity index (χ1) is 13.8. The fourth-order valence-electron chi connectivity index (χ4n) is 2.74. The van der Waals surface area contributed by atoms with Crippen LogP contribution < -0.4 is 14.8 Å². The third kappa shape index (κ3) is 4.14. The van der Waals surface area contributed by atoms with Crippen LogP contribution in [0, 0.1) is 17.0 Å². The van der Waals surface area contributed by atoms with Gasteiger partial charge < -0.3 is 14.8 Å². The monoisotopic (exact) mass is 416 g/mol. The van der Waals surface area contributed by atoms with E-state index in [1.807, 2.05) is 0 Å². The van der Waals surface area contributed by atoms with Gasteiger partial charge in [0.1, 0.15) is 5.82 Å². The minimum Gasteiger partial charge on any atom is -0.493 e. The number of carbonyl (C=O) groups is 1. The summed E-state index contributed by atoms with van der Waals surface area (Å²) in [5.74, 6) is 0.617. The summed E-state index contributed by atoms with van der Waals surface area (Å²) in [7, 11) is 2.90. The van der Waals surface area contributed by atoms with Gasteiger partial charge in [-0.2, -0.15) is 5.10 Å². The number of amides is 1. The molecule has 0 bridgehead atoms.